The third kappa shape index (κ3) is 3.08. The van der Waals surface area contributed by atoms with Crippen LogP contribution in [0.4, 0.5) is 5.82 Å². The van der Waals surface area contributed by atoms with Crippen molar-refractivity contribution < 1.29 is 0 Å². The smallest absolute Gasteiger partial charge is 0.153 e. The first-order valence-corrected chi connectivity index (χ1v) is 7.26. The monoisotopic (exact) mass is 274 g/mol. The molecule has 1 aliphatic heterocycles. The van der Waals surface area contributed by atoms with E-state index in [-0.39, 0.29) is 0 Å². The normalized spacial score (nSPS) is 17.6. The van der Waals surface area contributed by atoms with E-state index in [0.717, 1.165) is 36.4 Å². The first-order valence-electron chi connectivity index (χ1n) is 7.26. The van der Waals surface area contributed by atoms with E-state index in [4.69, 9.17) is 0 Å². The highest BCUT2D eigenvalue weighted by Crippen LogP contribution is 2.16. The molecule has 0 unspecified atom stereocenters. The van der Waals surface area contributed by atoms with Crippen LogP contribution in [0.1, 0.15) is 6.42 Å². The third-order valence-corrected chi connectivity index (χ3v) is 3.88. The van der Waals surface area contributed by atoms with Gasteiger partial charge in [0.15, 0.2) is 5.82 Å². The molecular weight excluding hydrogens is 252 g/mol. The second-order valence-electron chi connectivity index (χ2n) is 5.39. The summed E-state index contributed by atoms with van der Waals surface area (Å²) in [4.78, 5) is 16.6. The highest BCUT2D eigenvalue weighted by molar-refractivity contribution is 5.85. The summed E-state index contributed by atoms with van der Waals surface area (Å²) in [6.07, 6.45) is 4.64. The van der Waals surface area contributed by atoms with Gasteiger partial charge in [-0.05, 0) is 26.1 Å². The molecule has 0 atom stereocenters. The SMILES string of the molecule is CN1CCN(CCCNc2ncnc3cc[nH]c23)CC1. The molecule has 0 aromatic carbocycles. The fourth-order valence-electron chi connectivity index (χ4n) is 2.59. The molecule has 0 radical (unpaired) electrons. The number of aromatic nitrogens is 3. The molecule has 3 rings (SSSR count). The summed E-state index contributed by atoms with van der Waals surface area (Å²) in [7, 11) is 2.19. The van der Waals surface area contributed by atoms with E-state index in [1.807, 2.05) is 12.3 Å². The van der Waals surface area contributed by atoms with Gasteiger partial charge in [0.05, 0.1) is 5.52 Å². The van der Waals surface area contributed by atoms with Gasteiger partial charge in [0.25, 0.3) is 0 Å². The van der Waals surface area contributed by atoms with E-state index >= 15 is 0 Å². The van der Waals surface area contributed by atoms with Gasteiger partial charge in [-0.2, -0.15) is 0 Å². The zero-order chi connectivity index (χ0) is 13.8. The number of rotatable bonds is 5. The first-order chi connectivity index (χ1) is 9.83. The van der Waals surface area contributed by atoms with E-state index < -0.39 is 0 Å². The van der Waals surface area contributed by atoms with Crippen molar-refractivity contribution in [3.63, 3.8) is 0 Å². The van der Waals surface area contributed by atoms with Crippen LogP contribution in [-0.2, 0) is 0 Å². The van der Waals surface area contributed by atoms with Crippen LogP contribution in [-0.4, -0.2) is 71.1 Å². The van der Waals surface area contributed by atoms with Gasteiger partial charge >= 0.3 is 0 Å². The second kappa shape index (κ2) is 6.19. The molecule has 2 N–H and O–H groups in total. The summed E-state index contributed by atoms with van der Waals surface area (Å²) in [6, 6.07) is 1.96. The fourth-order valence-corrected chi connectivity index (χ4v) is 2.59. The van der Waals surface area contributed by atoms with Crippen LogP contribution in [0, 0.1) is 0 Å². The third-order valence-electron chi connectivity index (χ3n) is 3.88. The van der Waals surface area contributed by atoms with Gasteiger partial charge in [-0.25, -0.2) is 9.97 Å². The number of piperazine rings is 1. The Labute approximate surface area is 119 Å². The summed E-state index contributed by atoms with van der Waals surface area (Å²) in [5, 5.41) is 3.40. The number of aromatic amines is 1. The molecule has 1 saturated heterocycles. The Balaban J connectivity index is 1.45. The second-order valence-corrected chi connectivity index (χ2v) is 5.39. The molecule has 2 aromatic rings. The summed E-state index contributed by atoms with van der Waals surface area (Å²) in [5.74, 6) is 0.901. The zero-order valence-electron chi connectivity index (χ0n) is 12.0. The van der Waals surface area contributed by atoms with Crippen LogP contribution >= 0.6 is 0 Å². The number of hydrogen-bond donors (Lipinski definition) is 2. The van der Waals surface area contributed by atoms with Gasteiger partial charge in [0.1, 0.15) is 11.8 Å². The topological polar surface area (TPSA) is 60.1 Å². The molecule has 0 amide bonds. The maximum atomic E-state index is 4.30. The van der Waals surface area contributed by atoms with E-state index in [2.05, 4.69) is 37.1 Å². The van der Waals surface area contributed by atoms with Gasteiger partial charge < -0.3 is 20.1 Å². The Kier molecular flexibility index (Phi) is 4.13. The molecule has 108 valence electrons. The Hall–Kier alpha value is -1.66. The summed E-state index contributed by atoms with van der Waals surface area (Å²) in [5.41, 5.74) is 1.95. The lowest BCUT2D eigenvalue weighted by Gasteiger charge is -2.32. The molecule has 0 spiro atoms. The van der Waals surface area contributed by atoms with Gasteiger partial charge in [-0.3, -0.25) is 0 Å². The number of fused-ring (bicyclic) bond motifs is 1. The van der Waals surface area contributed by atoms with Crippen molar-refractivity contribution >= 4 is 16.9 Å². The number of nitrogens with zero attached hydrogens (tertiary/aromatic N) is 4. The maximum Gasteiger partial charge on any atom is 0.153 e. The van der Waals surface area contributed by atoms with Crippen LogP contribution in [0.25, 0.3) is 11.0 Å². The average molecular weight is 274 g/mol. The minimum atomic E-state index is 0.901. The minimum absolute atomic E-state index is 0.901. The molecule has 6 heteroatoms. The predicted octanol–water partition coefficient (Wildman–Crippen LogP) is 1.01. The predicted molar refractivity (Wildman–Crippen MR) is 80.9 cm³/mol. The Morgan fingerprint density at radius 1 is 1.25 bits per heavy atom. The van der Waals surface area contributed by atoms with Crippen molar-refractivity contribution in [1.29, 1.82) is 0 Å². The highest BCUT2D eigenvalue weighted by Gasteiger charge is 2.12. The van der Waals surface area contributed by atoms with E-state index in [0.29, 0.717) is 0 Å². The van der Waals surface area contributed by atoms with Crippen molar-refractivity contribution in [3.05, 3.63) is 18.6 Å². The van der Waals surface area contributed by atoms with E-state index in [9.17, 15) is 0 Å². The van der Waals surface area contributed by atoms with E-state index in [1.165, 1.54) is 26.2 Å². The Bertz CT molecular complexity index is 543. The molecule has 0 bridgehead atoms. The van der Waals surface area contributed by atoms with Crippen molar-refractivity contribution in [2.45, 2.75) is 6.42 Å². The number of hydrogen-bond acceptors (Lipinski definition) is 5. The summed E-state index contributed by atoms with van der Waals surface area (Å²) < 4.78 is 0. The van der Waals surface area contributed by atoms with Crippen LogP contribution in [0.3, 0.4) is 0 Å². The average Bonchev–Trinajstić information content (AvgIpc) is 2.94. The standard InChI is InChI=1S/C14H22N6/c1-19-7-9-20(10-8-19)6-2-4-16-14-13-12(3-5-15-13)17-11-18-14/h3,5,11,15H,2,4,6-10H2,1H3,(H,16,17,18). The molecule has 20 heavy (non-hydrogen) atoms. The van der Waals surface area contributed by atoms with E-state index in [1.54, 1.807) is 6.33 Å². The molecule has 3 heterocycles. The Morgan fingerprint density at radius 2 is 2.10 bits per heavy atom. The van der Waals surface area contributed by atoms with Gasteiger partial charge in [-0.1, -0.05) is 0 Å². The number of anilines is 1. The quantitative estimate of drug-likeness (QED) is 0.797. The minimum Gasteiger partial charge on any atom is -0.368 e. The molecule has 0 saturated carbocycles. The largest absolute Gasteiger partial charge is 0.368 e. The summed E-state index contributed by atoms with van der Waals surface area (Å²) >= 11 is 0. The van der Waals surface area contributed by atoms with Crippen molar-refractivity contribution in [2.24, 2.45) is 0 Å². The summed E-state index contributed by atoms with van der Waals surface area (Å²) in [6.45, 7) is 6.83. The van der Waals surface area contributed by atoms with Crippen LogP contribution in [0.15, 0.2) is 18.6 Å². The zero-order valence-corrected chi connectivity index (χ0v) is 12.0. The molecular formula is C14H22N6. The van der Waals surface area contributed by atoms with Gasteiger partial charge in [0, 0.05) is 38.9 Å². The molecule has 1 fully saturated rings. The fraction of sp³-hybridized carbons (Fsp3) is 0.571. The Morgan fingerprint density at radius 3 is 2.95 bits per heavy atom. The van der Waals surface area contributed by atoms with Gasteiger partial charge in [0.2, 0.25) is 0 Å². The van der Waals surface area contributed by atoms with Crippen LogP contribution in [0.5, 0.6) is 0 Å². The highest BCUT2D eigenvalue weighted by atomic mass is 15.2. The van der Waals surface area contributed by atoms with Crippen LogP contribution in [0.2, 0.25) is 0 Å². The lowest BCUT2D eigenvalue weighted by atomic mass is 10.3. The van der Waals surface area contributed by atoms with Crippen molar-refractivity contribution in [3.8, 4) is 0 Å². The molecule has 6 nitrogen and oxygen atoms in total. The number of likely N-dealkylation sites (N-methyl/N-ethyl adjacent to an activating group) is 1. The van der Waals surface area contributed by atoms with Gasteiger partial charge in [-0.15, -0.1) is 0 Å². The first kappa shape index (κ1) is 13.3. The lowest BCUT2D eigenvalue weighted by molar-refractivity contribution is 0.154. The molecule has 0 aliphatic carbocycles. The number of H-pyrrole nitrogens is 1. The van der Waals surface area contributed by atoms with Crippen LogP contribution < -0.4 is 5.32 Å². The van der Waals surface area contributed by atoms with Crippen molar-refractivity contribution in [2.75, 3.05) is 51.6 Å². The lowest BCUT2D eigenvalue weighted by Crippen LogP contribution is -2.44. The molecule has 1 aliphatic rings. The van der Waals surface area contributed by atoms with Crippen molar-refractivity contribution in [1.82, 2.24) is 24.8 Å². The number of nitrogens with one attached hydrogen (secondary N) is 2. The maximum absolute atomic E-state index is 4.30. The molecule has 2 aromatic heterocycles.